The summed E-state index contributed by atoms with van der Waals surface area (Å²) in [5.74, 6) is 0.287. The first-order chi connectivity index (χ1) is 5.67. The predicted molar refractivity (Wildman–Crippen MR) is 50.6 cm³/mol. The third kappa shape index (κ3) is 3.13. The minimum Gasteiger partial charge on any atom is -0.410 e. The van der Waals surface area contributed by atoms with E-state index in [-0.39, 0.29) is 11.8 Å². The molecule has 0 aromatic carbocycles. The standard InChI is InChI=1S/C7H14N2O2S/c1-4-12-7(9-11)5(2)6(10)8-3/h5,11H,4H2,1-3H3,(H,8,10)/b9-7+. The van der Waals surface area contributed by atoms with Gasteiger partial charge in [-0.05, 0) is 12.7 Å². The summed E-state index contributed by atoms with van der Waals surface area (Å²) >= 11 is 1.37. The van der Waals surface area contributed by atoms with Crippen LogP contribution in [0, 0.1) is 5.92 Å². The van der Waals surface area contributed by atoms with E-state index in [1.54, 1.807) is 14.0 Å². The molecule has 12 heavy (non-hydrogen) atoms. The first-order valence-corrected chi connectivity index (χ1v) is 4.72. The van der Waals surface area contributed by atoms with Gasteiger partial charge in [-0.25, -0.2) is 0 Å². The first-order valence-electron chi connectivity index (χ1n) is 3.73. The van der Waals surface area contributed by atoms with Crippen LogP contribution in [0.4, 0.5) is 0 Å². The minimum atomic E-state index is -0.370. The fourth-order valence-corrected chi connectivity index (χ4v) is 1.43. The molecule has 2 N–H and O–H groups in total. The SMILES string of the molecule is CCS/C(=N/O)C(C)C(=O)NC. The molecule has 4 nitrogen and oxygen atoms in total. The summed E-state index contributed by atoms with van der Waals surface area (Å²) < 4.78 is 0. The van der Waals surface area contributed by atoms with Gasteiger partial charge in [-0.1, -0.05) is 12.1 Å². The molecule has 5 heteroatoms. The summed E-state index contributed by atoms with van der Waals surface area (Å²) in [6.07, 6.45) is 0. The normalized spacial score (nSPS) is 14.1. The average molecular weight is 190 g/mol. The van der Waals surface area contributed by atoms with Crippen molar-refractivity contribution in [2.24, 2.45) is 11.1 Å². The molecule has 0 heterocycles. The lowest BCUT2D eigenvalue weighted by Gasteiger charge is -2.09. The number of nitrogens with one attached hydrogen (secondary N) is 1. The number of carbonyl (C=O) groups excluding carboxylic acids is 1. The highest BCUT2D eigenvalue weighted by Gasteiger charge is 2.18. The van der Waals surface area contributed by atoms with Gasteiger partial charge in [0.2, 0.25) is 5.91 Å². The highest BCUT2D eigenvalue weighted by atomic mass is 32.2. The van der Waals surface area contributed by atoms with E-state index in [0.717, 1.165) is 5.75 Å². The highest BCUT2D eigenvalue weighted by molar-refractivity contribution is 8.14. The number of nitrogens with zero attached hydrogens (tertiary/aromatic N) is 1. The molecule has 1 atom stereocenters. The lowest BCUT2D eigenvalue weighted by atomic mass is 10.2. The Kier molecular flexibility index (Phi) is 5.53. The third-order valence-electron chi connectivity index (χ3n) is 1.40. The van der Waals surface area contributed by atoms with Crippen LogP contribution in [0.3, 0.4) is 0 Å². The van der Waals surface area contributed by atoms with Gasteiger partial charge in [0.1, 0.15) is 5.04 Å². The van der Waals surface area contributed by atoms with Crippen molar-refractivity contribution >= 4 is 22.7 Å². The summed E-state index contributed by atoms with van der Waals surface area (Å²) in [6.45, 7) is 3.64. The molecule has 0 aromatic heterocycles. The number of hydrogen-bond acceptors (Lipinski definition) is 4. The van der Waals surface area contributed by atoms with Crippen LogP contribution < -0.4 is 5.32 Å². The van der Waals surface area contributed by atoms with Crippen molar-refractivity contribution in [2.75, 3.05) is 12.8 Å². The zero-order valence-corrected chi connectivity index (χ0v) is 8.31. The minimum absolute atomic E-state index is 0.135. The predicted octanol–water partition coefficient (Wildman–Crippen LogP) is 0.909. The second-order valence-electron chi connectivity index (χ2n) is 2.21. The second-order valence-corrected chi connectivity index (χ2v) is 3.49. The molecular weight excluding hydrogens is 176 g/mol. The molecule has 0 radical (unpaired) electrons. The Balaban J connectivity index is 4.22. The molecule has 0 aliphatic rings. The van der Waals surface area contributed by atoms with E-state index in [1.807, 2.05) is 6.92 Å². The van der Waals surface area contributed by atoms with Gasteiger partial charge >= 0.3 is 0 Å². The van der Waals surface area contributed by atoms with Crippen molar-refractivity contribution in [1.82, 2.24) is 5.32 Å². The van der Waals surface area contributed by atoms with Crippen LogP contribution in [0.25, 0.3) is 0 Å². The molecule has 1 unspecified atom stereocenters. The van der Waals surface area contributed by atoms with Crippen molar-refractivity contribution in [3.8, 4) is 0 Å². The summed E-state index contributed by atoms with van der Waals surface area (Å²) in [5, 5.41) is 14.6. The lowest BCUT2D eigenvalue weighted by Crippen LogP contribution is -2.29. The van der Waals surface area contributed by atoms with Gasteiger partial charge < -0.3 is 10.5 Å². The van der Waals surface area contributed by atoms with Gasteiger partial charge in [0.25, 0.3) is 0 Å². The summed E-state index contributed by atoms with van der Waals surface area (Å²) in [7, 11) is 1.56. The van der Waals surface area contributed by atoms with E-state index in [9.17, 15) is 4.79 Å². The fourth-order valence-electron chi connectivity index (χ4n) is 0.717. The molecule has 70 valence electrons. The fraction of sp³-hybridized carbons (Fsp3) is 0.714. The maximum absolute atomic E-state index is 11.1. The van der Waals surface area contributed by atoms with Crippen LogP contribution in [0.15, 0.2) is 5.16 Å². The number of rotatable bonds is 3. The van der Waals surface area contributed by atoms with E-state index < -0.39 is 0 Å². The molecule has 0 aliphatic carbocycles. The molecular formula is C7H14N2O2S. The Bertz CT molecular complexity index is 182. The molecule has 0 spiro atoms. The Morgan fingerprint density at radius 2 is 2.33 bits per heavy atom. The van der Waals surface area contributed by atoms with Gasteiger partial charge in [-0.3, -0.25) is 4.79 Å². The van der Waals surface area contributed by atoms with E-state index in [0.29, 0.717) is 5.04 Å². The molecule has 0 aromatic rings. The third-order valence-corrected chi connectivity index (χ3v) is 2.42. The quantitative estimate of drug-likeness (QED) is 0.301. The second kappa shape index (κ2) is 5.88. The van der Waals surface area contributed by atoms with Crippen molar-refractivity contribution in [3.63, 3.8) is 0 Å². The average Bonchev–Trinajstić information content (AvgIpc) is 2.11. The van der Waals surface area contributed by atoms with Gasteiger partial charge in [-0.2, -0.15) is 0 Å². The van der Waals surface area contributed by atoms with Crippen molar-refractivity contribution in [2.45, 2.75) is 13.8 Å². The van der Waals surface area contributed by atoms with Gasteiger partial charge in [-0.15, -0.1) is 11.8 Å². The van der Waals surface area contributed by atoms with E-state index in [2.05, 4.69) is 10.5 Å². The van der Waals surface area contributed by atoms with E-state index >= 15 is 0 Å². The molecule has 0 rings (SSSR count). The monoisotopic (exact) mass is 190 g/mol. The molecule has 0 fully saturated rings. The Labute approximate surface area is 76.4 Å². The van der Waals surface area contributed by atoms with Crippen LogP contribution in [0.5, 0.6) is 0 Å². The van der Waals surface area contributed by atoms with Crippen LogP contribution >= 0.6 is 11.8 Å². The molecule has 0 saturated carbocycles. The topological polar surface area (TPSA) is 61.7 Å². The van der Waals surface area contributed by atoms with E-state index in [1.165, 1.54) is 11.8 Å². The number of oxime groups is 1. The summed E-state index contributed by atoms with van der Waals surface area (Å²) in [5.41, 5.74) is 0. The van der Waals surface area contributed by atoms with Gasteiger partial charge in [0.05, 0.1) is 5.92 Å². The summed E-state index contributed by atoms with van der Waals surface area (Å²) in [6, 6.07) is 0. The number of thioether (sulfide) groups is 1. The summed E-state index contributed by atoms with van der Waals surface area (Å²) in [4.78, 5) is 11.1. The van der Waals surface area contributed by atoms with Crippen LogP contribution in [0.2, 0.25) is 0 Å². The lowest BCUT2D eigenvalue weighted by molar-refractivity contribution is -0.122. The maximum atomic E-state index is 11.1. The highest BCUT2D eigenvalue weighted by Crippen LogP contribution is 2.12. The van der Waals surface area contributed by atoms with E-state index in [4.69, 9.17) is 5.21 Å². The number of carbonyl (C=O) groups is 1. The smallest absolute Gasteiger partial charge is 0.229 e. The van der Waals surface area contributed by atoms with Crippen molar-refractivity contribution in [1.29, 1.82) is 0 Å². The number of hydrogen-bond donors (Lipinski definition) is 2. The largest absolute Gasteiger partial charge is 0.410 e. The molecule has 1 amide bonds. The number of amides is 1. The van der Waals surface area contributed by atoms with Gasteiger partial charge in [0, 0.05) is 7.05 Å². The van der Waals surface area contributed by atoms with Crippen LogP contribution in [0.1, 0.15) is 13.8 Å². The van der Waals surface area contributed by atoms with Crippen LogP contribution in [-0.2, 0) is 4.79 Å². The Morgan fingerprint density at radius 1 is 1.75 bits per heavy atom. The van der Waals surface area contributed by atoms with Gasteiger partial charge in [0.15, 0.2) is 0 Å². The maximum Gasteiger partial charge on any atom is 0.229 e. The molecule has 0 bridgehead atoms. The van der Waals surface area contributed by atoms with Crippen LogP contribution in [-0.4, -0.2) is 29.0 Å². The molecule has 0 aliphatic heterocycles. The van der Waals surface area contributed by atoms with Crippen molar-refractivity contribution < 1.29 is 10.0 Å². The van der Waals surface area contributed by atoms with Crippen molar-refractivity contribution in [3.05, 3.63) is 0 Å². The zero-order chi connectivity index (χ0) is 9.56. The zero-order valence-electron chi connectivity index (χ0n) is 7.50. The Hall–Kier alpha value is -0.710. The molecule has 0 saturated heterocycles. The first kappa shape index (κ1) is 11.3. The Morgan fingerprint density at radius 3 is 2.67 bits per heavy atom.